The number of nitrogens with zero attached hydrogens (tertiary/aromatic N) is 2. The summed E-state index contributed by atoms with van der Waals surface area (Å²) in [6, 6.07) is -0.183. The van der Waals surface area contributed by atoms with Crippen LogP contribution in [0.1, 0.15) is 6.92 Å². The first-order valence-corrected chi connectivity index (χ1v) is 4.18. The largest absolute Gasteiger partial charge is 0.380 e. The maximum Gasteiger partial charge on any atom is 0.326 e. The van der Waals surface area contributed by atoms with Gasteiger partial charge in [0.1, 0.15) is 6.33 Å². The third-order valence-corrected chi connectivity index (χ3v) is 1.47. The molecule has 0 aliphatic heterocycles. The Morgan fingerprint density at radius 3 is 3.15 bits per heavy atom. The standard InChI is InChI=1S/C8H13N3O2/c1-2-13-6-4-10-8(12)11-5-3-9-7-11/h3,5,7H,2,4,6H2,1H3,(H,10,12). The third kappa shape index (κ3) is 3.25. The van der Waals surface area contributed by atoms with Gasteiger partial charge in [-0.05, 0) is 6.92 Å². The molecule has 0 aliphatic carbocycles. The molecule has 0 fully saturated rings. The van der Waals surface area contributed by atoms with E-state index in [0.717, 1.165) is 0 Å². The van der Waals surface area contributed by atoms with Gasteiger partial charge in [0.15, 0.2) is 0 Å². The van der Waals surface area contributed by atoms with E-state index in [4.69, 9.17) is 4.74 Å². The fraction of sp³-hybridized carbons (Fsp3) is 0.500. The topological polar surface area (TPSA) is 56.1 Å². The number of hydrogen-bond acceptors (Lipinski definition) is 3. The van der Waals surface area contributed by atoms with E-state index < -0.39 is 0 Å². The molecule has 0 unspecified atom stereocenters. The van der Waals surface area contributed by atoms with Crippen LogP contribution < -0.4 is 5.32 Å². The first-order chi connectivity index (χ1) is 6.34. The van der Waals surface area contributed by atoms with Crippen LogP contribution in [0.5, 0.6) is 0 Å². The molecule has 0 spiro atoms. The zero-order chi connectivity index (χ0) is 9.52. The van der Waals surface area contributed by atoms with E-state index in [-0.39, 0.29) is 6.03 Å². The summed E-state index contributed by atoms with van der Waals surface area (Å²) < 4.78 is 6.44. The number of aromatic nitrogens is 2. The molecule has 0 radical (unpaired) electrons. The second-order valence-electron chi connectivity index (χ2n) is 2.40. The van der Waals surface area contributed by atoms with Crippen LogP contribution in [0.4, 0.5) is 4.79 Å². The molecule has 1 amide bonds. The van der Waals surface area contributed by atoms with E-state index in [1.807, 2.05) is 6.92 Å². The predicted molar refractivity (Wildman–Crippen MR) is 47.5 cm³/mol. The van der Waals surface area contributed by atoms with Crippen molar-refractivity contribution >= 4 is 6.03 Å². The van der Waals surface area contributed by atoms with Crippen molar-refractivity contribution in [2.75, 3.05) is 19.8 Å². The molecule has 13 heavy (non-hydrogen) atoms. The summed E-state index contributed by atoms with van der Waals surface area (Å²) in [6.45, 7) is 3.64. The minimum Gasteiger partial charge on any atom is -0.380 e. The lowest BCUT2D eigenvalue weighted by molar-refractivity contribution is 0.149. The lowest BCUT2D eigenvalue weighted by atomic mass is 10.6. The Hall–Kier alpha value is -1.36. The number of hydrogen-bond donors (Lipinski definition) is 1. The zero-order valence-electron chi connectivity index (χ0n) is 7.56. The molecular formula is C8H13N3O2. The summed E-state index contributed by atoms with van der Waals surface area (Å²) >= 11 is 0. The summed E-state index contributed by atoms with van der Waals surface area (Å²) in [6.07, 6.45) is 4.61. The fourth-order valence-corrected chi connectivity index (χ4v) is 0.845. The predicted octanol–water partition coefficient (Wildman–Crippen LogP) is 0.477. The van der Waals surface area contributed by atoms with Gasteiger partial charge in [-0.25, -0.2) is 9.78 Å². The van der Waals surface area contributed by atoms with Crippen molar-refractivity contribution in [3.8, 4) is 0 Å². The summed E-state index contributed by atoms with van der Waals surface area (Å²) in [5, 5.41) is 2.68. The van der Waals surface area contributed by atoms with Gasteiger partial charge in [-0.15, -0.1) is 0 Å². The van der Waals surface area contributed by atoms with E-state index in [2.05, 4.69) is 10.3 Å². The van der Waals surface area contributed by atoms with Crippen molar-refractivity contribution in [2.45, 2.75) is 6.92 Å². The highest BCUT2D eigenvalue weighted by atomic mass is 16.5. The van der Waals surface area contributed by atoms with Gasteiger partial charge in [0, 0.05) is 25.5 Å². The minimum atomic E-state index is -0.183. The number of carbonyl (C=O) groups excluding carboxylic acids is 1. The average molecular weight is 183 g/mol. The van der Waals surface area contributed by atoms with E-state index in [9.17, 15) is 4.79 Å². The highest BCUT2D eigenvalue weighted by molar-refractivity contribution is 5.76. The zero-order valence-corrected chi connectivity index (χ0v) is 7.56. The summed E-state index contributed by atoms with van der Waals surface area (Å²) in [4.78, 5) is 15.0. The molecule has 5 heteroatoms. The van der Waals surface area contributed by atoms with Crippen LogP contribution in [0.15, 0.2) is 18.7 Å². The molecule has 0 saturated heterocycles. The molecular weight excluding hydrogens is 170 g/mol. The van der Waals surface area contributed by atoms with Crippen molar-refractivity contribution in [3.63, 3.8) is 0 Å². The second-order valence-corrected chi connectivity index (χ2v) is 2.40. The molecule has 1 aromatic rings. The minimum absolute atomic E-state index is 0.183. The average Bonchev–Trinajstić information content (AvgIpc) is 2.65. The molecule has 0 saturated carbocycles. The highest BCUT2D eigenvalue weighted by Gasteiger charge is 2.00. The van der Waals surface area contributed by atoms with E-state index >= 15 is 0 Å². The molecule has 0 bridgehead atoms. The van der Waals surface area contributed by atoms with E-state index in [0.29, 0.717) is 19.8 Å². The van der Waals surface area contributed by atoms with Gasteiger partial charge in [0.2, 0.25) is 0 Å². The number of rotatable bonds is 4. The van der Waals surface area contributed by atoms with Crippen LogP contribution in [-0.4, -0.2) is 35.3 Å². The molecule has 1 heterocycles. The number of imidazole rings is 1. The molecule has 0 atom stereocenters. The van der Waals surface area contributed by atoms with Crippen molar-refractivity contribution in [1.29, 1.82) is 0 Å². The lowest BCUT2D eigenvalue weighted by Gasteiger charge is -2.04. The number of amides is 1. The quantitative estimate of drug-likeness (QED) is 0.690. The van der Waals surface area contributed by atoms with Crippen LogP contribution in [0.25, 0.3) is 0 Å². The number of carbonyl (C=O) groups is 1. The summed E-state index contributed by atoms with van der Waals surface area (Å²) in [5.41, 5.74) is 0. The number of nitrogens with one attached hydrogen (secondary N) is 1. The second kappa shape index (κ2) is 5.31. The van der Waals surface area contributed by atoms with Crippen LogP contribution >= 0.6 is 0 Å². The number of ether oxygens (including phenoxy) is 1. The van der Waals surface area contributed by atoms with Crippen molar-refractivity contribution < 1.29 is 9.53 Å². The smallest absolute Gasteiger partial charge is 0.326 e. The monoisotopic (exact) mass is 183 g/mol. The normalized spacial score (nSPS) is 9.92. The Bertz CT molecular complexity index is 246. The van der Waals surface area contributed by atoms with E-state index in [1.165, 1.54) is 10.9 Å². The van der Waals surface area contributed by atoms with Gasteiger partial charge in [-0.3, -0.25) is 4.57 Å². The van der Waals surface area contributed by atoms with Crippen LogP contribution in [0, 0.1) is 0 Å². The highest BCUT2D eigenvalue weighted by Crippen LogP contribution is 1.83. The third-order valence-electron chi connectivity index (χ3n) is 1.47. The van der Waals surface area contributed by atoms with Crippen LogP contribution in [-0.2, 0) is 4.74 Å². The lowest BCUT2D eigenvalue weighted by Crippen LogP contribution is -2.30. The Kier molecular flexibility index (Phi) is 3.98. The molecule has 1 rings (SSSR count). The first kappa shape index (κ1) is 9.73. The Labute approximate surface area is 76.7 Å². The van der Waals surface area contributed by atoms with Crippen molar-refractivity contribution in [1.82, 2.24) is 14.9 Å². The van der Waals surface area contributed by atoms with Gasteiger partial charge >= 0.3 is 6.03 Å². The molecule has 0 aromatic carbocycles. The van der Waals surface area contributed by atoms with Gasteiger partial charge in [0.25, 0.3) is 0 Å². The van der Waals surface area contributed by atoms with Gasteiger partial charge < -0.3 is 10.1 Å². The van der Waals surface area contributed by atoms with Gasteiger partial charge in [-0.1, -0.05) is 0 Å². The Morgan fingerprint density at radius 1 is 1.69 bits per heavy atom. The van der Waals surface area contributed by atoms with E-state index in [1.54, 1.807) is 12.4 Å². The van der Waals surface area contributed by atoms with Crippen LogP contribution in [0.3, 0.4) is 0 Å². The molecule has 0 aliphatic rings. The molecule has 1 N–H and O–H groups in total. The van der Waals surface area contributed by atoms with Gasteiger partial charge in [-0.2, -0.15) is 0 Å². The first-order valence-electron chi connectivity index (χ1n) is 4.18. The Balaban J connectivity index is 2.19. The summed E-state index contributed by atoms with van der Waals surface area (Å²) in [5.74, 6) is 0. The molecule has 1 aromatic heterocycles. The molecule has 72 valence electrons. The fourth-order valence-electron chi connectivity index (χ4n) is 0.845. The maximum absolute atomic E-state index is 11.2. The molecule has 5 nitrogen and oxygen atoms in total. The van der Waals surface area contributed by atoms with Crippen molar-refractivity contribution in [2.24, 2.45) is 0 Å². The Morgan fingerprint density at radius 2 is 2.54 bits per heavy atom. The van der Waals surface area contributed by atoms with Crippen molar-refractivity contribution in [3.05, 3.63) is 18.7 Å². The van der Waals surface area contributed by atoms with Gasteiger partial charge in [0.05, 0.1) is 6.61 Å². The summed E-state index contributed by atoms with van der Waals surface area (Å²) in [7, 11) is 0. The SMILES string of the molecule is CCOCCNC(=O)n1ccnc1. The van der Waals surface area contributed by atoms with Crippen LogP contribution in [0.2, 0.25) is 0 Å². The maximum atomic E-state index is 11.2.